The zero-order valence-corrected chi connectivity index (χ0v) is 71.3. The zero-order chi connectivity index (χ0) is 90.5. The smallest absolute Gasteiger partial charge is 0.130 e. The molecule has 0 heterocycles. The molecule has 126 heavy (non-hydrogen) atoms. The molecule has 14 rings (SSSR count). The van der Waals surface area contributed by atoms with Gasteiger partial charge in [0.1, 0.15) is 52.2 Å². The summed E-state index contributed by atoms with van der Waals surface area (Å²) in [6.07, 6.45) is 26.0. The fourth-order valence-electron chi connectivity index (χ4n) is 12.5. The van der Waals surface area contributed by atoms with E-state index in [4.69, 9.17) is 19.7 Å². The Labute approximate surface area is 734 Å². The monoisotopic (exact) mass is 1700 g/mol. The third-order valence-electron chi connectivity index (χ3n) is 19.7. The minimum Gasteiger partial charge on any atom is -0.496 e. The van der Waals surface area contributed by atoms with Crippen LogP contribution in [0.4, 0.5) is 30.7 Å². The van der Waals surface area contributed by atoms with Gasteiger partial charge < -0.3 is 40.1 Å². The molecular weight excluding hydrogens is 1590 g/mol. The molecular formula is C111H103F7O8. The van der Waals surface area contributed by atoms with Gasteiger partial charge in [0.25, 0.3) is 0 Å². The number of aliphatic hydroxyl groups excluding tert-OH is 6. The predicted molar refractivity (Wildman–Crippen MR) is 505 cm³/mol. The summed E-state index contributed by atoms with van der Waals surface area (Å²) in [7, 11) is 3.30. The summed E-state index contributed by atoms with van der Waals surface area (Å²) in [5.41, 5.74) is 22.7. The summed E-state index contributed by atoms with van der Waals surface area (Å²) < 4.78 is 102. The fraction of sp³-hybridized carbons (Fsp3) is 0.117. The molecule has 0 saturated carbocycles. The van der Waals surface area contributed by atoms with Crippen molar-refractivity contribution >= 4 is 85.1 Å². The van der Waals surface area contributed by atoms with E-state index in [1.165, 1.54) is 60.7 Å². The molecule has 14 aromatic carbocycles. The first-order valence-electron chi connectivity index (χ1n) is 40.5. The van der Waals surface area contributed by atoms with E-state index in [1.807, 2.05) is 265 Å². The van der Waals surface area contributed by atoms with E-state index >= 15 is 0 Å². The van der Waals surface area contributed by atoms with Crippen molar-refractivity contribution in [2.75, 3.05) is 14.2 Å². The van der Waals surface area contributed by atoms with Gasteiger partial charge in [-0.3, -0.25) is 0 Å². The van der Waals surface area contributed by atoms with Gasteiger partial charge in [-0.15, -0.1) is 0 Å². The molecule has 6 N–H and O–H groups in total. The quantitative estimate of drug-likeness (QED) is 0.0291. The average molecular weight is 1700 g/mol. The number of methoxy groups -OCH3 is 2. The molecule has 14 aromatic rings. The number of rotatable bonds is 22. The Bertz CT molecular complexity index is 5900. The lowest BCUT2D eigenvalue weighted by Gasteiger charge is -2.06. The minimum absolute atomic E-state index is 0.00942. The van der Waals surface area contributed by atoms with Crippen LogP contribution in [-0.4, -0.2) is 44.9 Å². The molecule has 0 atom stereocenters. The summed E-state index contributed by atoms with van der Waals surface area (Å²) in [5.74, 6) is -0.397. The fourth-order valence-corrected chi connectivity index (χ4v) is 12.5. The second kappa shape index (κ2) is 52.6. The van der Waals surface area contributed by atoms with Crippen LogP contribution in [0.25, 0.3) is 85.1 Å². The Morgan fingerprint density at radius 1 is 0.214 bits per heavy atom. The Morgan fingerprint density at radius 2 is 0.532 bits per heavy atom. The summed E-state index contributed by atoms with van der Waals surface area (Å²) in [6, 6.07) is 87.8. The Hall–Kier alpha value is -13.9. The lowest BCUT2D eigenvalue weighted by Crippen LogP contribution is -1.92. The van der Waals surface area contributed by atoms with Crippen LogP contribution in [0.5, 0.6) is 11.5 Å². The van der Waals surface area contributed by atoms with Crippen molar-refractivity contribution in [1.29, 1.82) is 0 Å². The van der Waals surface area contributed by atoms with E-state index in [2.05, 4.69) is 0 Å². The van der Waals surface area contributed by atoms with Crippen LogP contribution < -0.4 is 9.47 Å². The summed E-state index contributed by atoms with van der Waals surface area (Å²) in [4.78, 5) is 0. The normalized spacial score (nSPS) is 11.0. The van der Waals surface area contributed by atoms with Crippen molar-refractivity contribution in [3.05, 3.63) is 483 Å². The molecule has 0 unspecified atom stereocenters. The highest BCUT2D eigenvalue weighted by atomic mass is 19.2. The van der Waals surface area contributed by atoms with E-state index in [9.17, 15) is 51.2 Å². The number of aryl methyl sites for hydroxylation is 5. The Balaban J connectivity index is 0.000000182. The molecule has 0 saturated heterocycles. The molecule has 0 fully saturated rings. The summed E-state index contributed by atoms with van der Waals surface area (Å²) in [5, 5.41) is 55.2. The molecule has 8 nitrogen and oxygen atoms in total. The number of hydrogen-bond acceptors (Lipinski definition) is 8. The topological polar surface area (TPSA) is 140 Å². The van der Waals surface area contributed by atoms with E-state index in [-0.39, 0.29) is 74.3 Å². The molecule has 0 bridgehead atoms. The first-order chi connectivity index (χ1) is 61.0. The van der Waals surface area contributed by atoms with Crippen LogP contribution in [-0.2, 0) is 39.6 Å². The first kappa shape index (κ1) is 97.6. The van der Waals surface area contributed by atoms with Crippen molar-refractivity contribution in [3.63, 3.8) is 0 Å². The number of ether oxygens (including phenoxy) is 2. The molecule has 15 heteroatoms. The second-order valence-corrected chi connectivity index (χ2v) is 28.8. The lowest BCUT2D eigenvalue weighted by atomic mass is 10.0. The number of benzene rings is 14. The van der Waals surface area contributed by atoms with Crippen LogP contribution in [0, 0.1) is 75.3 Å². The average Bonchev–Trinajstić information content (AvgIpc) is 0.858. The maximum absolute atomic E-state index is 13.4. The number of hydrogen-bond donors (Lipinski definition) is 6. The van der Waals surface area contributed by atoms with Gasteiger partial charge in [0.15, 0.2) is 0 Å². The maximum atomic E-state index is 13.4. The molecule has 644 valence electrons. The van der Waals surface area contributed by atoms with Crippen LogP contribution in [0.15, 0.2) is 303 Å². The predicted octanol–water partition coefficient (Wildman–Crippen LogP) is 26.5. The zero-order valence-electron chi connectivity index (χ0n) is 71.3. The van der Waals surface area contributed by atoms with Crippen molar-refractivity contribution in [3.8, 4) is 11.5 Å². The summed E-state index contributed by atoms with van der Waals surface area (Å²) >= 11 is 0. The number of aliphatic hydroxyl groups is 6. The van der Waals surface area contributed by atoms with Gasteiger partial charge >= 0.3 is 0 Å². The lowest BCUT2D eigenvalue weighted by molar-refractivity contribution is 0.280. The van der Waals surface area contributed by atoms with Crippen LogP contribution in [0.3, 0.4) is 0 Å². The van der Waals surface area contributed by atoms with E-state index < -0.39 is 11.6 Å². The molecule has 0 aliphatic heterocycles. The van der Waals surface area contributed by atoms with Crippen LogP contribution >= 0.6 is 0 Å². The SMILES string of the molecule is COc1cc(/C=C/c2cccc(F)c2)ccc1C.COc1cc(/C=C/c2ccccc2F)ccc1C.Cc1cccc(/C=C/c2ccc(F)cc2)c1CO.Cc1cccc(/C=C/c2cccc(F)c2)c1CO.Cc1cccc(/C=C/c2cccc(F)c2)c1CO.OCc1ccc(/C=C/c2cc(F)ccc2F)cc1.OCc1cccc(/C=C/c2ccccc2CO)c1. The largest absolute Gasteiger partial charge is 0.496 e. The van der Waals surface area contributed by atoms with Gasteiger partial charge in [-0.25, -0.2) is 30.7 Å². The van der Waals surface area contributed by atoms with E-state index in [0.29, 0.717) is 5.56 Å². The van der Waals surface area contributed by atoms with E-state index in [0.717, 1.165) is 158 Å². The first-order valence-corrected chi connectivity index (χ1v) is 40.5. The molecule has 0 spiro atoms. The van der Waals surface area contributed by atoms with Gasteiger partial charge in [-0.2, -0.15) is 0 Å². The molecule has 0 aromatic heterocycles. The van der Waals surface area contributed by atoms with Crippen molar-refractivity contribution < 1.29 is 70.8 Å². The second-order valence-electron chi connectivity index (χ2n) is 28.8. The van der Waals surface area contributed by atoms with Crippen LogP contribution in [0.2, 0.25) is 0 Å². The van der Waals surface area contributed by atoms with Crippen molar-refractivity contribution in [2.45, 2.75) is 74.3 Å². The number of halogens is 7. The Morgan fingerprint density at radius 3 is 0.944 bits per heavy atom. The third kappa shape index (κ3) is 32.7. The molecule has 0 aliphatic rings. The highest BCUT2D eigenvalue weighted by molar-refractivity contribution is 5.77. The maximum Gasteiger partial charge on any atom is 0.130 e. The van der Waals surface area contributed by atoms with Gasteiger partial charge in [-0.05, 0) is 254 Å². The minimum atomic E-state index is -0.466. The highest BCUT2D eigenvalue weighted by Gasteiger charge is 2.08. The van der Waals surface area contributed by atoms with Crippen LogP contribution in [0.1, 0.15) is 139 Å². The van der Waals surface area contributed by atoms with Gasteiger partial charge in [-0.1, -0.05) is 297 Å². The van der Waals surface area contributed by atoms with Crippen molar-refractivity contribution in [1.82, 2.24) is 0 Å². The third-order valence-corrected chi connectivity index (χ3v) is 19.7. The molecule has 0 amide bonds. The van der Waals surface area contributed by atoms with E-state index in [1.54, 1.807) is 93.1 Å². The van der Waals surface area contributed by atoms with Crippen molar-refractivity contribution in [2.24, 2.45) is 0 Å². The summed E-state index contributed by atoms with van der Waals surface area (Å²) in [6.45, 7) is 10.0. The molecule has 0 radical (unpaired) electrons. The molecule has 0 aliphatic carbocycles. The van der Waals surface area contributed by atoms with Gasteiger partial charge in [0, 0.05) is 11.1 Å². The Kier molecular flexibility index (Phi) is 40.7. The van der Waals surface area contributed by atoms with Gasteiger partial charge in [0.2, 0.25) is 0 Å². The van der Waals surface area contributed by atoms with Gasteiger partial charge in [0.05, 0.1) is 53.9 Å². The highest BCUT2D eigenvalue weighted by Crippen LogP contribution is 2.26. The standard InChI is InChI=1S/5C16H15FO.C16H16O2.C15H12F2O/c1-12-6-7-14(11-16(12)18-2)9-8-13-4-3-5-15(17)10-13;1-12-7-8-13(11-16(12)18-2)9-10-14-5-3-4-6-15(14)17;2*1-12-4-2-6-14(16(12)11-18)9-8-13-5-3-7-15(17)10-13;1-12-3-2-4-14(16(12)11-18)8-5-13-6-9-15(17)10-7-13;17-11-14-5-3-4-13(10-14)8-9-15-6-1-2-7-16(15)12-18;16-14-7-8-15(17)13(9-14)6-5-11-1-3-12(10-18)4-2-11/h2*3-11H,1-2H3;3*2-10,18H,11H2,1H3;1-10,17-18H,11-12H2;1-9,18H,10H2/b9-8+;10-9+;2*9-8+;8-5+;9-8+;6-5+.